The highest BCUT2D eigenvalue weighted by Crippen LogP contribution is 2.29. The van der Waals surface area contributed by atoms with Crippen molar-refractivity contribution in [3.8, 4) is 11.4 Å². The van der Waals surface area contributed by atoms with Crippen LogP contribution in [0.1, 0.15) is 38.3 Å². The minimum Gasteiger partial charge on any atom is -0.495 e. The minimum atomic E-state index is -0.323. The topological polar surface area (TPSA) is 69.0 Å². The van der Waals surface area contributed by atoms with Gasteiger partial charge >= 0.3 is 0 Å². The summed E-state index contributed by atoms with van der Waals surface area (Å²) in [7, 11) is 1.63. The van der Waals surface area contributed by atoms with Crippen LogP contribution in [0.25, 0.3) is 5.69 Å². The molecule has 0 aliphatic heterocycles. The molecule has 3 rings (SSSR count). The molecule has 0 spiro atoms. The third-order valence-corrected chi connectivity index (χ3v) is 5.67. The van der Waals surface area contributed by atoms with Gasteiger partial charge in [0.2, 0.25) is 5.91 Å². The lowest BCUT2D eigenvalue weighted by Gasteiger charge is -2.21. The summed E-state index contributed by atoms with van der Waals surface area (Å²) in [6, 6.07) is 17.7. The Kier molecular flexibility index (Phi) is 7.30. The second kappa shape index (κ2) is 10.1. The Morgan fingerprint density at radius 2 is 1.90 bits per heavy atom. The van der Waals surface area contributed by atoms with Gasteiger partial charge in [-0.15, -0.1) is 10.2 Å². The van der Waals surface area contributed by atoms with E-state index < -0.39 is 0 Å². The molecular weight excluding hydrogens is 384 g/mol. The molecule has 0 aliphatic rings. The van der Waals surface area contributed by atoms with Crippen LogP contribution in [-0.2, 0) is 4.79 Å². The summed E-state index contributed by atoms with van der Waals surface area (Å²) in [4.78, 5) is 12.9. The molecular formula is C22H26N4O2S. The van der Waals surface area contributed by atoms with Crippen molar-refractivity contribution in [2.45, 2.75) is 43.1 Å². The number of ether oxygens (including phenoxy) is 1. The van der Waals surface area contributed by atoms with Crippen LogP contribution in [0.5, 0.6) is 5.75 Å². The average Bonchev–Trinajstić information content (AvgIpc) is 3.21. The first-order valence-corrected chi connectivity index (χ1v) is 10.6. The van der Waals surface area contributed by atoms with Crippen molar-refractivity contribution in [3.05, 3.63) is 66.5 Å². The van der Waals surface area contributed by atoms with E-state index in [0.717, 1.165) is 29.8 Å². The normalized spacial score (nSPS) is 12.9. The standard InChI is InChI=1S/C22H26N4O2S/c1-4-10-18(17-11-6-5-7-12-17)24-21(27)16(2)29-22-25-23-15-26(22)19-13-8-9-14-20(19)28-3/h5-9,11-16,18H,4,10H2,1-3H3,(H,24,27). The van der Waals surface area contributed by atoms with Crippen LogP contribution in [0.15, 0.2) is 66.1 Å². The van der Waals surface area contributed by atoms with E-state index in [9.17, 15) is 4.79 Å². The molecule has 1 aromatic heterocycles. The number of amides is 1. The van der Waals surface area contributed by atoms with Gasteiger partial charge in [0.25, 0.3) is 0 Å². The zero-order valence-corrected chi connectivity index (χ0v) is 17.7. The van der Waals surface area contributed by atoms with Crippen LogP contribution in [0, 0.1) is 0 Å². The minimum absolute atomic E-state index is 0.00355. The molecule has 0 aliphatic carbocycles. The molecule has 0 fully saturated rings. The van der Waals surface area contributed by atoms with Gasteiger partial charge < -0.3 is 10.1 Å². The first-order chi connectivity index (χ1) is 14.1. The molecule has 2 unspecified atom stereocenters. The van der Waals surface area contributed by atoms with Gasteiger partial charge in [-0.3, -0.25) is 9.36 Å². The van der Waals surface area contributed by atoms with Crippen LogP contribution in [0.3, 0.4) is 0 Å². The van der Waals surface area contributed by atoms with E-state index in [1.165, 1.54) is 11.8 Å². The summed E-state index contributed by atoms with van der Waals surface area (Å²) < 4.78 is 7.28. The van der Waals surface area contributed by atoms with E-state index in [-0.39, 0.29) is 17.2 Å². The Labute approximate surface area is 175 Å². The average molecular weight is 411 g/mol. The Morgan fingerprint density at radius 3 is 2.62 bits per heavy atom. The molecule has 0 bridgehead atoms. The number of methoxy groups -OCH3 is 1. The molecule has 29 heavy (non-hydrogen) atoms. The molecule has 2 aromatic carbocycles. The summed E-state index contributed by atoms with van der Waals surface area (Å²) in [6.45, 7) is 4.01. The largest absolute Gasteiger partial charge is 0.495 e. The molecule has 2 atom stereocenters. The number of para-hydroxylation sites is 2. The number of benzene rings is 2. The predicted octanol–water partition coefficient (Wildman–Crippen LogP) is 4.41. The number of thioether (sulfide) groups is 1. The number of hydrogen-bond donors (Lipinski definition) is 1. The highest BCUT2D eigenvalue weighted by atomic mass is 32.2. The molecule has 1 heterocycles. The lowest BCUT2D eigenvalue weighted by molar-refractivity contribution is -0.121. The van der Waals surface area contributed by atoms with Gasteiger partial charge in [-0.05, 0) is 31.0 Å². The fourth-order valence-electron chi connectivity index (χ4n) is 3.10. The molecule has 0 saturated heterocycles. The fourth-order valence-corrected chi connectivity index (χ4v) is 3.94. The van der Waals surface area contributed by atoms with Gasteiger partial charge in [0.15, 0.2) is 5.16 Å². The Morgan fingerprint density at radius 1 is 1.17 bits per heavy atom. The second-order valence-corrected chi connectivity index (χ2v) is 7.98. The maximum atomic E-state index is 12.9. The van der Waals surface area contributed by atoms with Crippen molar-refractivity contribution >= 4 is 17.7 Å². The predicted molar refractivity (Wildman–Crippen MR) is 115 cm³/mol. The van der Waals surface area contributed by atoms with Crippen LogP contribution in [-0.4, -0.2) is 33.0 Å². The number of rotatable bonds is 9. The van der Waals surface area contributed by atoms with E-state index >= 15 is 0 Å². The SMILES string of the molecule is CCCC(NC(=O)C(C)Sc1nncn1-c1ccccc1OC)c1ccccc1. The van der Waals surface area contributed by atoms with Gasteiger partial charge in [-0.2, -0.15) is 0 Å². The summed E-state index contributed by atoms with van der Waals surface area (Å²) in [6.07, 6.45) is 3.52. The first kappa shape index (κ1) is 20.9. The lowest BCUT2D eigenvalue weighted by atomic mass is 10.0. The Bertz CT molecular complexity index is 929. The Hall–Kier alpha value is -2.80. The van der Waals surface area contributed by atoms with E-state index in [1.807, 2.05) is 54.0 Å². The summed E-state index contributed by atoms with van der Waals surface area (Å²) in [5.74, 6) is 0.699. The smallest absolute Gasteiger partial charge is 0.233 e. The van der Waals surface area contributed by atoms with Crippen LogP contribution < -0.4 is 10.1 Å². The first-order valence-electron chi connectivity index (χ1n) is 9.69. The molecule has 0 radical (unpaired) electrons. The highest BCUT2D eigenvalue weighted by Gasteiger charge is 2.22. The third kappa shape index (κ3) is 5.17. The van der Waals surface area contributed by atoms with Gasteiger partial charge in [0.05, 0.1) is 24.1 Å². The zero-order valence-electron chi connectivity index (χ0n) is 16.9. The van der Waals surface area contributed by atoms with Gasteiger partial charge in [-0.1, -0.05) is 67.6 Å². The zero-order chi connectivity index (χ0) is 20.6. The van der Waals surface area contributed by atoms with Gasteiger partial charge in [-0.25, -0.2) is 0 Å². The van der Waals surface area contributed by atoms with E-state index in [4.69, 9.17) is 4.74 Å². The summed E-state index contributed by atoms with van der Waals surface area (Å²) in [5.41, 5.74) is 1.96. The molecule has 6 nitrogen and oxygen atoms in total. The number of carbonyl (C=O) groups excluding carboxylic acids is 1. The van der Waals surface area contributed by atoms with Crippen molar-refractivity contribution in [1.82, 2.24) is 20.1 Å². The number of nitrogens with zero attached hydrogens (tertiary/aromatic N) is 3. The van der Waals surface area contributed by atoms with Crippen molar-refractivity contribution in [2.24, 2.45) is 0 Å². The molecule has 1 N–H and O–H groups in total. The summed E-state index contributed by atoms with van der Waals surface area (Å²) >= 11 is 1.38. The van der Waals surface area contributed by atoms with Crippen LogP contribution in [0.2, 0.25) is 0 Å². The van der Waals surface area contributed by atoms with Crippen molar-refractivity contribution in [1.29, 1.82) is 0 Å². The van der Waals surface area contributed by atoms with E-state index in [0.29, 0.717) is 5.16 Å². The monoisotopic (exact) mass is 410 g/mol. The maximum Gasteiger partial charge on any atom is 0.233 e. The van der Waals surface area contributed by atoms with Gasteiger partial charge in [0, 0.05) is 0 Å². The van der Waals surface area contributed by atoms with Crippen molar-refractivity contribution in [3.63, 3.8) is 0 Å². The molecule has 0 saturated carbocycles. The lowest BCUT2D eigenvalue weighted by Crippen LogP contribution is -2.34. The van der Waals surface area contributed by atoms with Crippen molar-refractivity contribution in [2.75, 3.05) is 7.11 Å². The van der Waals surface area contributed by atoms with Crippen LogP contribution >= 0.6 is 11.8 Å². The van der Waals surface area contributed by atoms with Crippen molar-refractivity contribution < 1.29 is 9.53 Å². The van der Waals surface area contributed by atoms with Gasteiger partial charge in [0.1, 0.15) is 12.1 Å². The third-order valence-electron chi connectivity index (χ3n) is 4.61. The second-order valence-electron chi connectivity index (χ2n) is 6.68. The molecule has 1 amide bonds. The molecule has 3 aromatic rings. The summed E-state index contributed by atoms with van der Waals surface area (Å²) in [5, 5.41) is 11.7. The van der Waals surface area contributed by atoms with E-state index in [1.54, 1.807) is 13.4 Å². The number of nitrogens with one attached hydrogen (secondary N) is 1. The number of hydrogen-bond acceptors (Lipinski definition) is 5. The number of aromatic nitrogens is 3. The molecule has 152 valence electrons. The highest BCUT2D eigenvalue weighted by molar-refractivity contribution is 8.00. The van der Waals surface area contributed by atoms with E-state index in [2.05, 4.69) is 34.6 Å². The van der Waals surface area contributed by atoms with Crippen LogP contribution in [0.4, 0.5) is 0 Å². The molecule has 7 heteroatoms. The fraction of sp³-hybridized carbons (Fsp3) is 0.318. The quantitative estimate of drug-likeness (QED) is 0.529. The Balaban J connectivity index is 1.73. The maximum absolute atomic E-state index is 12.9. The number of carbonyl (C=O) groups is 1.